The van der Waals surface area contributed by atoms with E-state index in [0.717, 1.165) is 43.0 Å². The zero-order valence-corrected chi connectivity index (χ0v) is 20.0. The van der Waals surface area contributed by atoms with E-state index in [1.165, 1.54) is 6.42 Å². The standard InChI is InChI=1S/C25H31N7O3/c1-17-20(24(34)28-25(26-17)31-13-15-35-16-14-31)10-11-22(33)27-19-8-6-18(7-9-19)23-30-29-21-5-3-2-4-12-32(21)23/h6-9H,2-5,10-16H2,1H3,(H,27,33)(H,26,28,34). The summed E-state index contributed by atoms with van der Waals surface area (Å²) in [5, 5.41) is 11.7. The number of nitrogens with zero attached hydrogens (tertiary/aromatic N) is 5. The number of ether oxygens (including phenoxy) is 1. The van der Waals surface area contributed by atoms with Crippen molar-refractivity contribution in [2.45, 2.75) is 52.0 Å². The number of aromatic amines is 1. The van der Waals surface area contributed by atoms with Crippen molar-refractivity contribution in [1.82, 2.24) is 24.7 Å². The molecule has 10 nitrogen and oxygen atoms in total. The number of anilines is 2. The third kappa shape index (κ3) is 5.27. The molecule has 0 bridgehead atoms. The highest BCUT2D eigenvalue weighted by atomic mass is 16.5. The van der Waals surface area contributed by atoms with Crippen LogP contribution in [0.5, 0.6) is 0 Å². The van der Waals surface area contributed by atoms with E-state index in [2.05, 4.69) is 30.0 Å². The van der Waals surface area contributed by atoms with Gasteiger partial charge in [-0.2, -0.15) is 0 Å². The van der Waals surface area contributed by atoms with Crippen molar-refractivity contribution < 1.29 is 9.53 Å². The van der Waals surface area contributed by atoms with Crippen molar-refractivity contribution in [3.8, 4) is 11.4 Å². The van der Waals surface area contributed by atoms with Gasteiger partial charge in [0.25, 0.3) is 5.56 Å². The molecular weight excluding hydrogens is 446 g/mol. The fourth-order valence-electron chi connectivity index (χ4n) is 4.68. The molecule has 10 heteroatoms. The Morgan fingerprint density at radius 2 is 1.89 bits per heavy atom. The van der Waals surface area contributed by atoms with Crippen molar-refractivity contribution in [1.29, 1.82) is 0 Å². The van der Waals surface area contributed by atoms with Crippen molar-refractivity contribution >= 4 is 17.5 Å². The number of hydrogen-bond acceptors (Lipinski definition) is 7. The Morgan fingerprint density at radius 1 is 1.09 bits per heavy atom. The largest absolute Gasteiger partial charge is 0.378 e. The number of fused-ring (bicyclic) bond motifs is 1. The van der Waals surface area contributed by atoms with E-state index in [4.69, 9.17) is 4.74 Å². The van der Waals surface area contributed by atoms with Gasteiger partial charge in [-0.05, 0) is 50.5 Å². The first kappa shape index (κ1) is 23.2. The summed E-state index contributed by atoms with van der Waals surface area (Å²) in [6.45, 7) is 5.39. The van der Waals surface area contributed by atoms with Crippen molar-refractivity contribution in [3.63, 3.8) is 0 Å². The van der Waals surface area contributed by atoms with Gasteiger partial charge in [0, 0.05) is 55.0 Å². The Hall–Kier alpha value is -3.53. The molecule has 0 saturated carbocycles. The fraction of sp³-hybridized carbons (Fsp3) is 0.480. The van der Waals surface area contributed by atoms with Crippen LogP contribution in [0.4, 0.5) is 11.6 Å². The maximum absolute atomic E-state index is 12.6. The van der Waals surface area contributed by atoms with Gasteiger partial charge in [-0.3, -0.25) is 14.6 Å². The predicted octanol–water partition coefficient (Wildman–Crippen LogP) is 2.47. The maximum Gasteiger partial charge on any atom is 0.255 e. The zero-order valence-electron chi connectivity index (χ0n) is 20.0. The second kappa shape index (κ2) is 10.4. The van der Waals surface area contributed by atoms with Crippen LogP contribution in [0, 0.1) is 6.92 Å². The number of aryl methyl sites for hydroxylation is 2. The van der Waals surface area contributed by atoms with Crippen molar-refractivity contribution in [2.24, 2.45) is 0 Å². The molecule has 1 aromatic carbocycles. The van der Waals surface area contributed by atoms with Crippen molar-refractivity contribution in [3.05, 3.63) is 51.7 Å². The average molecular weight is 478 g/mol. The molecular formula is C25H31N7O3. The van der Waals surface area contributed by atoms with Crippen LogP contribution < -0.4 is 15.8 Å². The van der Waals surface area contributed by atoms with Gasteiger partial charge < -0.3 is 19.5 Å². The van der Waals surface area contributed by atoms with Crippen LogP contribution in [0.3, 0.4) is 0 Å². The third-order valence-corrected chi connectivity index (χ3v) is 6.66. The summed E-state index contributed by atoms with van der Waals surface area (Å²) in [4.78, 5) is 34.7. The van der Waals surface area contributed by atoms with E-state index in [9.17, 15) is 9.59 Å². The number of rotatable bonds is 6. The molecule has 0 radical (unpaired) electrons. The van der Waals surface area contributed by atoms with Crippen LogP contribution in [-0.4, -0.2) is 56.9 Å². The summed E-state index contributed by atoms with van der Waals surface area (Å²) in [6.07, 6.45) is 5.00. The maximum atomic E-state index is 12.6. The summed E-state index contributed by atoms with van der Waals surface area (Å²) in [5.74, 6) is 2.34. The monoisotopic (exact) mass is 477 g/mol. The number of nitrogens with one attached hydrogen (secondary N) is 2. The summed E-state index contributed by atoms with van der Waals surface area (Å²) in [7, 11) is 0. The number of morpholine rings is 1. The Bertz CT molecular complexity index is 1240. The normalized spacial score (nSPS) is 16.0. The smallest absolute Gasteiger partial charge is 0.255 e. The van der Waals surface area contributed by atoms with Gasteiger partial charge in [0.15, 0.2) is 5.82 Å². The summed E-state index contributed by atoms with van der Waals surface area (Å²) in [5.41, 5.74) is 2.70. The fourth-order valence-corrected chi connectivity index (χ4v) is 4.68. The summed E-state index contributed by atoms with van der Waals surface area (Å²) >= 11 is 0. The Morgan fingerprint density at radius 3 is 2.66 bits per heavy atom. The molecule has 5 rings (SSSR count). The molecule has 2 aliphatic rings. The minimum absolute atomic E-state index is 0.148. The Balaban J connectivity index is 1.20. The lowest BCUT2D eigenvalue weighted by Crippen LogP contribution is -2.38. The van der Waals surface area contributed by atoms with E-state index in [-0.39, 0.29) is 17.9 Å². The van der Waals surface area contributed by atoms with Crippen molar-refractivity contribution in [2.75, 3.05) is 36.5 Å². The van der Waals surface area contributed by atoms with E-state index < -0.39 is 0 Å². The summed E-state index contributed by atoms with van der Waals surface area (Å²) in [6, 6.07) is 7.67. The number of aromatic nitrogens is 5. The molecule has 2 aliphatic heterocycles. The van der Waals surface area contributed by atoms with E-state index in [0.29, 0.717) is 55.6 Å². The molecule has 1 fully saturated rings. The van der Waals surface area contributed by atoms with Gasteiger partial charge in [-0.1, -0.05) is 6.42 Å². The number of H-pyrrole nitrogens is 1. The zero-order chi connectivity index (χ0) is 24.2. The first-order valence-corrected chi connectivity index (χ1v) is 12.3. The highest BCUT2D eigenvalue weighted by molar-refractivity contribution is 5.91. The Labute approximate surface area is 203 Å². The topological polar surface area (TPSA) is 118 Å². The second-order valence-electron chi connectivity index (χ2n) is 9.08. The molecule has 0 atom stereocenters. The molecule has 2 aromatic heterocycles. The minimum atomic E-state index is -0.191. The van der Waals surface area contributed by atoms with Crippen LogP contribution >= 0.6 is 0 Å². The quantitative estimate of drug-likeness (QED) is 0.560. The van der Waals surface area contributed by atoms with Crippen LogP contribution in [0.1, 0.15) is 42.8 Å². The third-order valence-electron chi connectivity index (χ3n) is 6.66. The lowest BCUT2D eigenvalue weighted by atomic mass is 10.1. The van der Waals surface area contributed by atoms with Gasteiger partial charge in [0.1, 0.15) is 5.82 Å². The SMILES string of the molecule is Cc1nc(N2CCOCC2)[nH]c(=O)c1CCC(=O)Nc1ccc(-c2nnc3n2CCCCC3)cc1. The number of carbonyl (C=O) groups is 1. The molecule has 0 spiro atoms. The molecule has 1 amide bonds. The molecule has 1 saturated heterocycles. The van der Waals surface area contributed by atoms with Crippen LogP contribution in [0.25, 0.3) is 11.4 Å². The van der Waals surface area contributed by atoms with Crippen LogP contribution in [0.15, 0.2) is 29.1 Å². The van der Waals surface area contributed by atoms with E-state index in [1.54, 1.807) is 0 Å². The predicted molar refractivity (Wildman–Crippen MR) is 133 cm³/mol. The highest BCUT2D eigenvalue weighted by Gasteiger charge is 2.18. The van der Waals surface area contributed by atoms with Gasteiger partial charge in [-0.15, -0.1) is 10.2 Å². The molecule has 184 valence electrons. The second-order valence-corrected chi connectivity index (χ2v) is 9.08. The molecule has 4 heterocycles. The van der Waals surface area contributed by atoms with Crippen LogP contribution in [0.2, 0.25) is 0 Å². The van der Waals surface area contributed by atoms with Crippen LogP contribution in [-0.2, 0) is 28.9 Å². The number of benzene rings is 1. The number of carbonyl (C=O) groups excluding carboxylic acids is 1. The number of amides is 1. The van der Waals surface area contributed by atoms with Gasteiger partial charge in [0.2, 0.25) is 11.9 Å². The molecule has 35 heavy (non-hydrogen) atoms. The number of hydrogen-bond donors (Lipinski definition) is 2. The molecule has 2 N–H and O–H groups in total. The van der Waals surface area contributed by atoms with Gasteiger partial charge in [0.05, 0.1) is 13.2 Å². The lowest BCUT2D eigenvalue weighted by Gasteiger charge is -2.27. The Kier molecular flexibility index (Phi) is 6.89. The molecule has 3 aromatic rings. The first-order valence-electron chi connectivity index (χ1n) is 12.3. The summed E-state index contributed by atoms with van der Waals surface area (Å²) < 4.78 is 7.57. The molecule has 0 unspecified atom stereocenters. The lowest BCUT2D eigenvalue weighted by molar-refractivity contribution is -0.116. The molecule has 0 aliphatic carbocycles. The van der Waals surface area contributed by atoms with Gasteiger partial charge >= 0.3 is 0 Å². The van der Waals surface area contributed by atoms with Gasteiger partial charge in [-0.25, -0.2) is 4.98 Å². The van der Waals surface area contributed by atoms with E-state index in [1.807, 2.05) is 36.1 Å². The highest BCUT2D eigenvalue weighted by Crippen LogP contribution is 2.24. The first-order chi connectivity index (χ1) is 17.1. The minimum Gasteiger partial charge on any atom is -0.378 e. The van der Waals surface area contributed by atoms with E-state index >= 15 is 0 Å². The average Bonchev–Trinajstić information content (AvgIpc) is 3.12.